The Morgan fingerprint density at radius 1 is 0.925 bits per heavy atom. The van der Waals surface area contributed by atoms with Gasteiger partial charge in [0.1, 0.15) is 0 Å². The number of aliphatic hydroxyl groups excluding tert-OH is 1. The Bertz CT molecular complexity index is 1540. The molecular weight excluding hydrogens is 731 g/mol. The number of allylic oxidation sites excluding steroid dienone is 2. The summed E-state index contributed by atoms with van der Waals surface area (Å²) in [4.78, 5) is 14.8. The van der Waals surface area contributed by atoms with Crippen molar-refractivity contribution in [3.63, 3.8) is 0 Å². The van der Waals surface area contributed by atoms with Crippen molar-refractivity contribution < 1.29 is 30.0 Å². The van der Waals surface area contributed by atoms with Gasteiger partial charge in [-0.2, -0.15) is 0 Å². The Kier molecular flexibility index (Phi) is 11.3. The number of aryl methyl sites for hydroxylation is 2. The molecule has 0 amide bonds. The number of carbonyl (C=O) groups is 1. The number of nitrogens with zero attached hydrogens (tertiary/aromatic N) is 1. The van der Waals surface area contributed by atoms with Crippen molar-refractivity contribution in [2.75, 3.05) is 0 Å². The van der Waals surface area contributed by atoms with E-state index in [0.717, 1.165) is 16.6 Å². The van der Waals surface area contributed by atoms with Crippen LogP contribution in [0.4, 0.5) is 0 Å². The molecule has 1 heterocycles. The van der Waals surface area contributed by atoms with E-state index in [2.05, 4.69) is 113 Å². The molecule has 0 bridgehead atoms. The van der Waals surface area contributed by atoms with Crippen LogP contribution >= 0.6 is 0 Å². The molecule has 5 heteroatoms. The predicted molar refractivity (Wildman–Crippen MR) is 170 cm³/mol. The Hall–Kier alpha value is -2.53. The normalized spacial score (nSPS) is 11.9. The third-order valence-corrected chi connectivity index (χ3v) is 11.0. The van der Waals surface area contributed by atoms with Gasteiger partial charge in [-0.3, -0.25) is 4.79 Å². The first-order chi connectivity index (χ1) is 18.1. The minimum absolute atomic E-state index is 0. The quantitative estimate of drug-likeness (QED) is 0.0977. The van der Waals surface area contributed by atoms with Crippen LogP contribution in [0.5, 0.6) is 0 Å². The molecule has 0 saturated heterocycles. The summed E-state index contributed by atoms with van der Waals surface area (Å²) in [7, 11) is 0. The minimum Gasteiger partial charge on any atom is 0 e. The van der Waals surface area contributed by atoms with Gasteiger partial charge in [-0.15, -0.1) is 0 Å². The SMILES string of the molecule is CC(=O)/C=C(/C)O.Cc1c[c]([Ge]([CH3])([CH3])[CH3])ccc1-c1cc(-c2[c-]c3ccccc3c(C(C)(C)C)c2)ncc1C.[Ir]. The zero-order valence-corrected chi connectivity index (χ0v) is 30.0. The number of benzene rings is 3. The van der Waals surface area contributed by atoms with Gasteiger partial charge in [0.25, 0.3) is 0 Å². The van der Waals surface area contributed by atoms with Crippen molar-refractivity contribution >= 4 is 34.2 Å². The maximum Gasteiger partial charge on any atom is 0 e. The minimum atomic E-state index is -1.85. The van der Waals surface area contributed by atoms with Crippen molar-refractivity contribution in [2.45, 2.75) is 71.1 Å². The van der Waals surface area contributed by atoms with E-state index in [1.54, 1.807) is 4.40 Å². The molecule has 4 rings (SSSR count). The van der Waals surface area contributed by atoms with E-state index in [4.69, 9.17) is 10.1 Å². The van der Waals surface area contributed by atoms with Crippen LogP contribution in [0.1, 0.15) is 51.3 Å². The maximum absolute atomic E-state index is 10.0. The number of hydrogen-bond donors (Lipinski definition) is 1. The van der Waals surface area contributed by atoms with E-state index in [9.17, 15) is 4.79 Å². The van der Waals surface area contributed by atoms with Crippen LogP contribution in [0.3, 0.4) is 0 Å². The molecule has 0 unspecified atom stereocenters. The molecule has 1 radical (unpaired) electrons. The van der Waals surface area contributed by atoms with E-state index in [-0.39, 0.29) is 37.1 Å². The molecule has 0 spiro atoms. The Balaban J connectivity index is 0.000000623. The first-order valence-electron chi connectivity index (χ1n) is 13.5. The van der Waals surface area contributed by atoms with Gasteiger partial charge in [-0.1, -0.05) is 6.07 Å². The van der Waals surface area contributed by atoms with Gasteiger partial charge in [0.05, 0.1) is 5.76 Å². The van der Waals surface area contributed by atoms with Crippen molar-refractivity contribution in [2.24, 2.45) is 0 Å². The van der Waals surface area contributed by atoms with Crippen LogP contribution in [0.15, 0.2) is 72.6 Å². The molecular formula is C35H42GeIrNO2-. The molecule has 0 atom stereocenters. The zero-order chi connectivity index (χ0) is 29.1. The van der Waals surface area contributed by atoms with Crippen LogP contribution in [-0.4, -0.2) is 29.1 Å². The number of ketones is 1. The van der Waals surface area contributed by atoms with Gasteiger partial charge in [-0.05, 0) is 13.8 Å². The van der Waals surface area contributed by atoms with Crippen molar-refractivity contribution in [1.82, 2.24) is 4.98 Å². The summed E-state index contributed by atoms with van der Waals surface area (Å²) in [5, 5.41) is 10.8. The number of rotatable bonds is 4. The smallest absolute Gasteiger partial charge is 0 e. The van der Waals surface area contributed by atoms with Gasteiger partial charge in [0, 0.05) is 26.2 Å². The fourth-order valence-electron chi connectivity index (χ4n) is 4.68. The molecule has 0 saturated carbocycles. The van der Waals surface area contributed by atoms with Crippen molar-refractivity contribution in [1.29, 1.82) is 0 Å². The van der Waals surface area contributed by atoms with Gasteiger partial charge in [0.2, 0.25) is 0 Å². The number of aromatic nitrogens is 1. The average molecular weight is 774 g/mol. The molecule has 3 nitrogen and oxygen atoms in total. The third-order valence-electron chi connectivity index (χ3n) is 6.76. The molecule has 1 N–H and O–H groups in total. The second-order valence-electron chi connectivity index (χ2n) is 12.5. The Labute approximate surface area is 256 Å². The summed E-state index contributed by atoms with van der Waals surface area (Å²) >= 11 is -1.85. The molecule has 1 aromatic heterocycles. The molecule has 4 aromatic rings. The van der Waals surface area contributed by atoms with Crippen LogP contribution in [0.2, 0.25) is 17.3 Å². The standard InChI is InChI=1S/C30H34GeN.C5H8O2.Ir/c1-20-15-24(31(6,7)8)13-14-25(20)27-18-29(32-19-21(27)2)23-16-22-11-9-10-12-26(22)28(17-23)30(3,4)5;1-4(6)3-5(2)7;/h9-15,17-19H,1-8H3;3,6H,1-2H3;/q-1;;/b;4-3-;. The molecule has 3 aromatic carbocycles. The summed E-state index contributed by atoms with van der Waals surface area (Å²) in [6.07, 6.45) is 3.18. The molecule has 213 valence electrons. The van der Waals surface area contributed by atoms with E-state index < -0.39 is 13.3 Å². The summed E-state index contributed by atoms with van der Waals surface area (Å²) < 4.78 is 1.55. The monoisotopic (exact) mass is 775 g/mol. The summed E-state index contributed by atoms with van der Waals surface area (Å²) in [5.41, 5.74) is 8.55. The van der Waals surface area contributed by atoms with Crippen LogP contribution in [0.25, 0.3) is 33.2 Å². The van der Waals surface area contributed by atoms with Gasteiger partial charge in [-0.25, -0.2) is 0 Å². The predicted octanol–water partition coefficient (Wildman–Crippen LogP) is 8.86. The van der Waals surface area contributed by atoms with Crippen LogP contribution < -0.4 is 4.40 Å². The number of fused-ring (bicyclic) bond motifs is 1. The van der Waals surface area contributed by atoms with E-state index in [0.29, 0.717) is 0 Å². The zero-order valence-electron chi connectivity index (χ0n) is 25.5. The fraction of sp³-hybridized carbons (Fsp3) is 0.314. The topological polar surface area (TPSA) is 50.2 Å². The van der Waals surface area contributed by atoms with Crippen molar-refractivity contribution in [3.8, 4) is 22.4 Å². The average Bonchev–Trinajstić information content (AvgIpc) is 2.82. The van der Waals surface area contributed by atoms with Gasteiger partial charge in [0.15, 0.2) is 5.78 Å². The maximum atomic E-state index is 10.0. The number of carbonyl (C=O) groups excluding carboxylic acids is 1. The van der Waals surface area contributed by atoms with E-state index in [1.807, 2.05) is 6.20 Å². The molecule has 0 aliphatic heterocycles. The van der Waals surface area contributed by atoms with Gasteiger partial charge >= 0.3 is 191 Å². The number of hydrogen-bond acceptors (Lipinski definition) is 3. The number of aliphatic hydroxyl groups is 1. The van der Waals surface area contributed by atoms with E-state index in [1.165, 1.54) is 53.1 Å². The van der Waals surface area contributed by atoms with Crippen LogP contribution in [-0.2, 0) is 30.3 Å². The first-order valence-corrected chi connectivity index (χ1v) is 20.8. The largest absolute Gasteiger partial charge is 0 e. The summed E-state index contributed by atoms with van der Waals surface area (Å²) in [6, 6.07) is 23.8. The first kappa shape index (κ1) is 33.7. The Morgan fingerprint density at radius 2 is 1.57 bits per heavy atom. The second-order valence-corrected chi connectivity index (χ2v) is 23.1. The second kappa shape index (κ2) is 13.4. The molecule has 40 heavy (non-hydrogen) atoms. The van der Waals surface area contributed by atoms with Crippen LogP contribution in [0, 0.1) is 19.9 Å². The summed E-state index contributed by atoms with van der Waals surface area (Å²) in [6.45, 7) is 14.1. The molecule has 0 fully saturated rings. The third kappa shape index (κ3) is 8.49. The molecule has 0 aliphatic rings. The van der Waals surface area contributed by atoms with Crippen molar-refractivity contribution in [3.05, 3.63) is 95.4 Å². The Morgan fingerprint density at radius 3 is 2.10 bits per heavy atom. The fourth-order valence-corrected chi connectivity index (χ4v) is 7.26. The molecule has 0 aliphatic carbocycles. The number of pyridine rings is 1. The summed E-state index contributed by atoms with van der Waals surface area (Å²) in [5.74, 6) is 7.29. The van der Waals surface area contributed by atoms with E-state index >= 15 is 0 Å². The van der Waals surface area contributed by atoms with Gasteiger partial charge < -0.3 is 5.11 Å².